The lowest BCUT2D eigenvalue weighted by Gasteiger charge is -2.04. The Morgan fingerprint density at radius 3 is 2.47 bits per heavy atom. The molecule has 5 nitrogen and oxygen atoms in total. The highest BCUT2D eigenvalue weighted by molar-refractivity contribution is 5.70. The van der Waals surface area contributed by atoms with Crippen LogP contribution >= 0.6 is 0 Å². The van der Waals surface area contributed by atoms with Gasteiger partial charge < -0.3 is 5.11 Å². The number of carboxylic acids is 1. The molecule has 19 heavy (non-hydrogen) atoms. The van der Waals surface area contributed by atoms with E-state index in [4.69, 9.17) is 5.11 Å². The molecule has 1 aromatic carbocycles. The minimum absolute atomic E-state index is 0.0323. The number of aromatic nitrogens is 2. The normalized spacial score (nSPS) is 10.7. The van der Waals surface area contributed by atoms with Gasteiger partial charge in [-0.1, -0.05) is 6.07 Å². The van der Waals surface area contributed by atoms with E-state index >= 15 is 0 Å². The number of benzene rings is 1. The molecule has 0 amide bonds. The molecule has 2 rings (SSSR count). The second-order valence-electron chi connectivity index (χ2n) is 4.00. The van der Waals surface area contributed by atoms with Crippen LogP contribution in [0.2, 0.25) is 0 Å². The maximum Gasteiger partial charge on any atom is 0.308 e. The van der Waals surface area contributed by atoms with Crippen LogP contribution in [0.5, 0.6) is 0 Å². The average molecular weight is 268 g/mol. The lowest BCUT2D eigenvalue weighted by Crippen LogP contribution is -2.21. The Morgan fingerprint density at radius 2 is 1.95 bits per heavy atom. The van der Waals surface area contributed by atoms with Crippen LogP contribution < -0.4 is 5.56 Å². The predicted molar refractivity (Wildman–Crippen MR) is 62.4 cm³/mol. The van der Waals surface area contributed by atoms with E-state index in [9.17, 15) is 18.4 Å². The van der Waals surface area contributed by atoms with Gasteiger partial charge in [0.15, 0.2) is 11.6 Å². The number of nitrogens with one attached hydrogen (secondary N) is 1. The standard InChI is InChI=1S/C12H10F2N2O3/c1-6-7(5-10(17)18)12(19)16(15-6)11-8(13)3-2-4-9(11)14/h2-4,15H,5H2,1H3,(H,17,18). The van der Waals surface area contributed by atoms with Gasteiger partial charge in [0.2, 0.25) is 0 Å². The number of aliphatic carboxylic acids is 1. The summed E-state index contributed by atoms with van der Waals surface area (Å²) in [7, 11) is 0. The summed E-state index contributed by atoms with van der Waals surface area (Å²) >= 11 is 0. The van der Waals surface area contributed by atoms with E-state index in [2.05, 4.69) is 5.10 Å². The zero-order valence-electron chi connectivity index (χ0n) is 9.91. The zero-order valence-corrected chi connectivity index (χ0v) is 9.91. The van der Waals surface area contributed by atoms with Crippen LogP contribution in [-0.4, -0.2) is 20.9 Å². The lowest BCUT2D eigenvalue weighted by molar-refractivity contribution is -0.136. The van der Waals surface area contributed by atoms with Gasteiger partial charge in [0.05, 0.1) is 12.0 Å². The topological polar surface area (TPSA) is 75.1 Å². The van der Waals surface area contributed by atoms with Gasteiger partial charge in [-0.25, -0.2) is 13.5 Å². The molecule has 1 aromatic heterocycles. The first-order chi connectivity index (χ1) is 8.91. The number of carboxylic acid groups (broad SMARTS) is 1. The average Bonchev–Trinajstić information content (AvgIpc) is 2.57. The summed E-state index contributed by atoms with van der Waals surface area (Å²) in [4.78, 5) is 22.6. The van der Waals surface area contributed by atoms with Gasteiger partial charge in [-0.2, -0.15) is 0 Å². The second kappa shape index (κ2) is 4.68. The summed E-state index contributed by atoms with van der Waals surface area (Å²) in [5.41, 5.74) is -1.10. The third kappa shape index (κ3) is 2.26. The molecule has 0 spiro atoms. The Bertz CT molecular complexity index is 683. The zero-order chi connectivity index (χ0) is 14.2. The summed E-state index contributed by atoms with van der Waals surface area (Å²) in [5.74, 6) is -3.02. The van der Waals surface area contributed by atoms with Gasteiger partial charge in [-0.3, -0.25) is 14.7 Å². The summed E-state index contributed by atoms with van der Waals surface area (Å²) in [5, 5.41) is 11.2. The Kier molecular flexibility index (Phi) is 3.20. The van der Waals surface area contributed by atoms with Crippen molar-refractivity contribution in [2.75, 3.05) is 0 Å². The van der Waals surface area contributed by atoms with Crippen LogP contribution in [0, 0.1) is 18.6 Å². The molecule has 2 N–H and O–H groups in total. The van der Waals surface area contributed by atoms with E-state index in [1.165, 1.54) is 13.0 Å². The first-order valence-electron chi connectivity index (χ1n) is 5.38. The van der Waals surface area contributed by atoms with Gasteiger partial charge in [-0.05, 0) is 19.1 Å². The Hall–Kier alpha value is -2.44. The second-order valence-corrected chi connectivity index (χ2v) is 4.00. The molecule has 0 saturated heterocycles. The Morgan fingerprint density at radius 1 is 1.37 bits per heavy atom. The molecule has 0 fully saturated rings. The first kappa shape index (κ1) is 13.0. The van der Waals surface area contributed by atoms with E-state index in [1.54, 1.807) is 0 Å². The monoisotopic (exact) mass is 268 g/mol. The summed E-state index contributed by atoms with van der Waals surface area (Å²) in [6, 6.07) is 3.20. The van der Waals surface area contributed by atoms with Gasteiger partial charge in [0.1, 0.15) is 5.69 Å². The highest BCUT2D eigenvalue weighted by Gasteiger charge is 2.19. The van der Waals surface area contributed by atoms with E-state index in [1.807, 2.05) is 0 Å². The highest BCUT2D eigenvalue weighted by atomic mass is 19.1. The van der Waals surface area contributed by atoms with Crippen molar-refractivity contribution in [2.45, 2.75) is 13.3 Å². The quantitative estimate of drug-likeness (QED) is 0.883. The van der Waals surface area contributed by atoms with Crippen molar-refractivity contribution in [2.24, 2.45) is 0 Å². The SMILES string of the molecule is Cc1[nH]n(-c2c(F)cccc2F)c(=O)c1CC(=O)O. The third-order valence-corrected chi connectivity index (χ3v) is 2.68. The number of rotatable bonds is 3. The first-order valence-corrected chi connectivity index (χ1v) is 5.38. The molecule has 0 bridgehead atoms. The predicted octanol–water partition coefficient (Wildman–Crippen LogP) is 1.38. The van der Waals surface area contributed by atoms with Crippen molar-refractivity contribution < 1.29 is 18.7 Å². The molecule has 0 saturated carbocycles. The molecule has 0 radical (unpaired) electrons. The van der Waals surface area contributed by atoms with E-state index in [0.29, 0.717) is 4.68 Å². The molecule has 100 valence electrons. The number of aromatic amines is 1. The number of hydrogen-bond donors (Lipinski definition) is 2. The van der Waals surface area contributed by atoms with Crippen LogP contribution in [0.3, 0.4) is 0 Å². The third-order valence-electron chi connectivity index (χ3n) is 2.68. The van der Waals surface area contributed by atoms with E-state index < -0.39 is 35.3 Å². The molecule has 0 aliphatic heterocycles. The van der Waals surface area contributed by atoms with Crippen molar-refractivity contribution in [3.8, 4) is 5.69 Å². The molecule has 0 unspecified atom stereocenters. The fourth-order valence-corrected chi connectivity index (χ4v) is 1.80. The van der Waals surface area contributed by atoms with Crippen molar-refractivity contribution in [1.29, 1.82) is 0 Å². The van der Waals surface area contributed by atoms with Crippen molar-refractivity contribution in [1.82, 2.24) is 9.78 Å². The number of para-hydroxylation sites is 1. The smallest absolute Gasteiger partial charge is 0.308 e. The molecule has 7 heteroatoms. The van der Waals surface area contributed by atoms with Crippen LogP contribution in [0.25, 0.3) is 5.69 Å². The number of H-pyrrole nitrogens is 1. The van der Waals surface area contributed by atoms with Gasteiger partial charge in [0, 0.05) is 5.69 Å². The van der Waals surface area contributed by atoms with Crippen molar-refractivity contribution in [3.63, 3.8) is 0 Å². The summed E-state index contributed by atoms with van der Waals surface area (Å²) < 4.78 is 27.8. The molecule has 0 aliphatic rings. The fraction of sp³-hybridized carbons (Fsp3) is 0.167. The highest BCUT2D eigenvalue weighted by Crippen LogP contribution is 2.16. The lowest BCUT2D eigenvalue weighted by atomic mass is 10.2. The minimum Gasteiger partial charge on any atom is -0.481 e. The van der Waals surface area contributed by atoms with Gasteiger partial charge >= 0.3 is 5.97 Å². The minimum atomic E-state index is -1.19. The van der Waals surface area contributed by atoms with Crippen LogP contribution in [-0.2, 0) is 11.2 Å². The maximum atomic E-state index is 13.6. The summed E-state index contributed by atoms with van der Waals surface area (Å²) in [6.07, 6.45) is -0.510. The summed E-state index contributed by atoms with van der Waals surface area (Å²) in [6.45, 7) is 1.47. The van der Waals surface area contributed by atoms with Gasteiger partial charge in [-0.15, -0.1) is 0 Å². The van der Waals surface area contributed by atoms with Crippen LogP contribution in [0.15, 0.2) is 23.0 Å². The number of hydrogen-bond acceptors (Lipinski definition) is 2. The number of halogens is 2. The molecule has 0 aliphatic carbocycles. The number of nitrogens with zero attached hydrogens (tertiary/aromatic N) is 1. The van der Waals surface area contributed by atoms with Gasteiger partial charge in [0.25, 0.3) is 5.56 Å². The van der Waals surface area contributed by atoms with E-state index in [0.717, 1.165) is 12.1 Å². The number of aryl methyl sites for hydroxylation is 1. The molecule has 1 heterocycles. The Balaban J connectivity index is 2.65. The number of carbonyl (C=O) groups is 1. The van der Waals surface area contributed by atoms with Crippen molar-refractivity contribution >= 4 is 5.97 Å². The van der Waals surface area contributed by atoms with E-state index in [-0.39, 0.29) is 11.3 Å². The maximum absolute atomic E-state index is 13.6. The van der Waals surface area contributed by atoms with Crippen molar-refractivity contribution in [3.05, 3.63) is 51.4 Å². The molecule has 2 aromatic rings. The molecular formula is C12H10F2N2O3. The molecule has 0 atom stereocenters. The Labute approximate surface area is 106 Å². The van der Waals surface area contributed by atoms with Crippen LogP contribution in [0.1, 0.15) is 11.3 Å². The molecular weight excluding hydrogens is 258 g/mol. The fourth-order valence-electron chi connectivity index (χ4n) is 1.80. The van der Waals surface area contributed by atoms with Crippen LogP contribution in [0.4, 0.5) is 8.78 Å². The largest absolute Gasteiger partial charge is 0.481 e.